The highest BCUT2D eigenvalue weighted by Crippen LogP contribution is 2.46. The Bertz CT molecular complexity index is 1320. The summed E-state index contributed by atoms with van der Waals surface area (Å²) in [5.41, 5.74) is 3.23. The lowest BCUT2D eigenvalue weighted by Gasteiger charge is -2.21. The molecule has 0 radical (unpaired) electrons. The Morgan fingerprint density at radius 3 is 2.54 bits per heavy atom. The zero-order valence-corrected chi connectivity index (χ0v) is 21.1. The van der Waals surface area contributed by atoms with Gasteiger partial charge in [-0.25, -0.2) is 8.42 Å². The number of nitrogens with zero attached hydrogens (tertiary/aromatic N) is 1. The van der Waals surface area contributed by atoms with Crippen LogP contribution in [0, 0.1) is 6.92 Å². The molecular formula is C27H32N2O5S. The minimum absolute atomic E-state index is 0.00202. The van der Waals surface area contributed by atoms with E-state index in [1.807, 2.05) is 26.0 Å². The van der Waals surface area contributed by atoms with E-state index in [1.54, 1.807) is 19.1 Å². The second-order valence-corrected chi connectivity index (χ2v) is 10.4. The monoisotopic (exact) mass is 496 g/mol. The number of hydrogen-bond donors (Lipinski definition) is 4. The Morgan fingerprint density at radius 2 is 1.91 bits per heavy atom. The van der Waals surface area contributed by atoms with Gasteiger partial charge in [0, 0.05) is 18.0 Å². The number of unbranched alkanes of at least 4 members (excludes halogenated alkanes) is 2. The van der Waals surface area contributed by atoms with Crippen LogP contribution in [0.1, 0.15) is 61.6 Å². The molecule has 1 atom stereocenters. The van der Waals surface area contributed by atoms with Crippen LogP contribution in [0.4, 0.5) is 0 Å². The van der Waals surface area contributed by atoms with Crippen LogP contribution in [0.2, 0.25) is 0 Å². The first-order valence-corrected chi connectivity index (χ1v) is 13.0. The summed E-state index contributed by atoms with van der Waals surface area (Å²) in [5.74, 6) is -0.802. The maximum atomic E-state index is 13.5. The first-order chi connectivity index (χ1) is 16.6. The van der Waals surface area contributed by atoms with Crippen LogP contribution in [-0.4, -0.2) is 28.7 Å². The van der Waals surface area contributed by atoms with Gasteiger partial charge in [0.2, 0.25) is 10.0 Å². The van der Waals surface area contributed by atoms with Crippen LogP contribution in [0.25, 0.3) is 16.7 Å². The summed E-state index contributed by atoms with van der Waals surface area (Å²) < 4.78 is 29.3. The van der Waals surface area contributed by atoms with Gasteiger partial charge in [-0.2, -0.15) is 4.72 Å². The number of aliphatic hydroxyl groups excluding tert-OH is 1. The van der Waals surface area contributed by atoms with Gasteiger partial charge < -0.3 is 15.3 Å². The third-order valence-electron chi connectivity index (χ3n) is 5.80. The normalized spacial score (nSPS) is 12.5. The lowest BCUT2D eigenvalue weighted by molar-refractivity contribution is 0.166. The first-order valence-electron chi connectivity index (χ1n) is 11.5. The van der Waals surface area contributed by atoms with Gasteiger partial charge in [0.05, 0.1) is 5.56 Å². The second kappa shape index (κ2) is 11.0. The van der Waals surface area contributed by atoms with Crippen molar-refractivity contribution in [2.45, 2.75) is 57.6 Å². The number of benzene rings is 2. The van der Waals surface area contributed by atoms with Crippen molar-refractivity contribution >= 4 is 15.6 Å². The molecule has 0 aliphatic rings. The van der Waals surface area contributed by atoms with Crippen LogP contribution in [0.3, 0.4) is 0 Å². The van der Waals surface area contributed by atoms with E-state index in [1.165, 1.54) is 24.5 Å². The number of phenols is 2. The van der Waals surface area contributed by atoms with Crippen LogP contribution < -0.4 is 4.72 Å². The van der Waals surface area contributed by atoms with Gasteiger partial charge in [-0.1, -0.05) is 61.7 Å². The molecule has 3 rings (SSSR count). The molecule has 186 valence electrons. The maximum absolute atomic E-state index is 13.5. The number of sulfonamides is 1. The molecule has 0 amide bonds. The zero-order chi connectivity index (χ0) is 25.8. The number of phenolic OH excluding ortho intramolecular Hbond substituents is 2. The molecule has 8 heteroatoms. The molecule has 0 bridgehead atoms. The Labute approximate surface area is 206 Å². The van der Waals surface area contributed by atoms with E-state index >= 15 is 0 Å². The standard InChI is InChI=1S/C27H32N2O5S/c1-5-6-7-9-19-15-23(30)24(22-14-18(4)11-12-21(22)17(2)3)25(31)26(19)35(33,34)29-27(32)20-10-8-13-28-16-20/h8,10-16,27,29-32H,2,5-7,9H2,1,3-4H3. The van der Waals surface area contributed by atoms with E-state index in [-0.39, 0.29) is 27.3 Å². The highest BCUT2D eigenvalue weighted by atomic mass is 32.2. The highest BCUT2D eigenvalue weighted by Gasteiger charge is 2.30. The average Bonchev–Trinajstić information content (AvgIpc) is 2.79. The van der Waals surface area contributed by atoms with E-state index in [0.29, 0.717) is 29.5 Å². The van der Waals surface area contributed by atoms with Gasteiger partial charge in [0.25, 0.3) is 0 Å². The zero-order valence-electron chi connectivity index (χ0n) is 20.2. The quantitative estimate of drug-likeness (QED) is 0.226. The lowest BCUT2D eigenvalue weighted by Crippen LogP contribution is -2.29. The van der Waals surface area contributed by atoms with Gasteiger partial charge in [0.15, 0.2) is 0 Å². The van der Waals surface area contributed by atoms with E-state index in [2.05, 4.69) is 16.3 Å². The van der Waals surface area contributed by atoms with Crippen LogP contribution in [0.5, 0.6) is 11.5 Å². The molecule has 0 fully saturated rings. The molecule has 0 saturated carbocycles. The van der Waals surface area contributed by atoms with Crippen LogP contribution in [-0.2, 0) is 16.4 Å². The van der Waals surface area contributed by atoms with E-state index in [0.717, 1.165) is 18.4 Å². The topological polar surface area (TPSA) is 120 Å². The minimum atomic E-state index is -4.41. The molecule has 1 aromatic heterocycles. The van der Waals surface area contributed by atoms with E-state index in [4.69, 9.17) is 0 Å². The van der Waals surface area contributed by atoms with Crippen LogP contribution in [0.15, 0.2) is 60.3 Å². The summed E-state index contributed by atoms with van der Waals surface area (Å²) in [7, 11) is -4.41. The summed E-state index contributed by atoms with van der Waals surface area (Å²) in [6.45, 7) is 9.67. The Hall–Kier alpha value is -3.20. The molecule has 4 N–H and O–H groups in total. The fraction of sp³-hybridized carbons (Fsp3) is 0.296. The third-order valence-corrected chi connectivity index (χ3v) is 7.33. The Morgan fingerprint density at radius 1 is 1.17 bits per heavy atom. The predicted molar refractivity (Wildman–Crippen MR) is 137 cm³/mol. The molecule has 2 aromatic carbocycles. The first kappa shape index (κ1) is 26.4. The Kier molecular flexibility index (Phi) is 8.32. The predicted octanol–water partition coefficient (Wildman–Crippen LogP) is 5.20. The maximum Gasteiger partial charge on any atom is 0.246 e. The summed E-state index contributed by atoms with van der Waals surface area (Å²) in [6.07, 6.45) is 4.06. The molecule has 7 nitrogen and oxygen atoms in total. The SMILES string of the molecule is C=C(C)c1ccc(C)cc1-c1c(O)cc(CCCCC)c(S(=O)(=O)NC(O)c2cccnc2)c1O. The molecule has 3 aromatic rings. The molecular weight excluding hydrogens is 464 g/mol. The van der Waals surface area contributed by atoms with Gasteiger partial charge >= 0.3 is 0 Å². The number of pyridine rings is 1. The number of rotatable bonds is 10. The van der Waals surface area contributed by atoms with Gasteiger partial charge in [-0.15, -0.1) is 0 Å². The van der Waals surface area contributed by atoms with Crippen molar-refractivity contribution in [2.75, 3.05) is 0 Å². The molecule has 0 aliphatic carbocycles. The fourth-order valence-corrected chi connectivity index (χ4v) is 5.47. The number of aryl methyl sites for hydroxylation is 2. The van der Waals surface area contributed by atoms with Crippen molar-refractivity contribution < 1.29 is 23.7 Å². The Balaban J connectivity index is 2.22. The van der Waals surface area contributed by atoms with Crippen molar-refractivity contribution in [3.63, 3.8) is 0 Å². The fourth-order valence-electron chi connectivity index (χ4n) is 4.05. The van der Waals surface area contributed by atoms with Gasteiger partial charge in [-0.3, -0.25) is 4.98 Å². The summed E-state index contributed by atoms with van der Waals surface area (Å²) in [5, 5.41) is 32.9. The number of nitrogens with one attached hydrogen (secondary N) is 1. The smallest absolute Gasteiger partial charge is 0.246 e. The highest BCUT2D eigenvalue weighted by molar-refractivity contribution is 7.89. The number of hydrogen-bond acceptors (Lipinski definition) is 6. The number of aliphatic hydroxyl groups is 1. The van der Waals surface area contributed by atoms with Crippen molar-refractivity contribution in [1.29, 1.82) is 0 Å². The third kappa shape index (κ3) is 5.90. The molecule has 1 unspecified atom stereocenters. The van der Waals surface area contributed by atoms with Crippen molar-refractivity contribution in [1.82, 2.24) is 9.71 Å². The van der Waals surface area contributed by atoms with E-state index in [9.17, 15) is 23.7 Å². The number of aromatic hydroxyl groups is 2. The van der Waals surface area contributed by atoms with Crippen molar-refractivity contribution in [3.8, 4) is 22.6 Å². The number of allylic oxidation sites excluding steroid dienone is 1. The van der Waals surface area contributed by atoms with Gasteiger partial charge in [0.1, 0.15) is 22.6 Å². The largest absolute Gasteiger partial charge is 0.507 e. The average molecular weight is 497 g/mol. The lowest BCUT2D eigenvalue weighted by atomic mass is 9.91. The van der Waals surface area contributed by atoms with Crippen LogP contribution >= 0.6 is 0 Å². The van der Waals surface area contributed by atoms with Gasteiger partial charge in [-0.05, 0) is 55.5 Å². The van der Waals surface area contributed by atoms with E-state index < -0.39 is 22.0 Å². The summed E-state index contributed by atoms with van der Waals surface area (Å²) >= 11 is 0. The van der Waals surface area contributed by atoms with Crippen molar-refractivity contribution in [3.05, 3.63) is 77.6 Å². The summed E-state index contributed by atoms with van der Waals surface area (Å²) in [6, 6.07) is 9.97. The molecule has 1 heterocycles. The molecule has 0 spiro atoms. The molecule has 0 saturated heterocycles. The second-order valence-electron chi connectivity index (χ2n) is 8.70. The van der Waals surface area contributed by atoms with Crippen molar-refractivity contribution in [2.24, 2.45) is 0 Å². The minimum Gasteiger partial charge on any atom is -0.507 e. The molecule has 0 aliphatic heterocycles. The number of aromatic nitrogens is 1. The molecule has 35 heavy (non-hydrogen) atoms. The summed E-state index contributed by atoms with van der Waals surface area (Å²) in [4.78, 5) is 3.55.